The first kappa shape index (κ1) is 10.6. The Bertz CT molecular complexity index is 479. The van der Waals surface area contributed by atoms with Crippen molar-refractivity contribution in [1.29, 1.82) is 0 Å². The molecule has 6 heteroatoms. The minimum atomic E-state index is -0.300. The smallest absolute Gasteiger partial charge is 0.264 e. The second-order valence-corrected chi connectivity index (χ2v) is 4.09. The maximum absolute atomic E-state index is 11.4. The van der Waals surface area contributed by atoms with Crippen LogP contribution in [-0.4, -0.2) is 21.4 Å². The Morgan fingerprint density at radius 3 is 2.56 bits per heavy atom. The predicted molar refractivity (Wildman–Crippen MR) is 61.0 cm³/mol. The molecule has 16 heavy (non-hydrogen) atoms. The number of oxime groups is 1. The molecule has 0 unspecified atom stereocenters. The summed E-state index contributed by atoms with van der Waals surface area (Å²) in [5, 5.41) is 23.1. The number of hydrogen-bond acceptors (Lipinski definition) is 5. The topological polar surface area (TPSA) is 81.9 Å². The number of nitrogens with zero attached hydrogens (tertiary/aromatic N) is 1. The van der Waals surface area contributed by atoms with Crippen LogP contribution < -0.4 is 5.32 Å². The Balaban J connectivity index is 2.25. The molecular formula is C10H8N2O3S. The third-order valence-electron chi connectivity index (χ3n) is 1.93. The van der Waals surface area contributed by atoms with Crippen LogP contribution in [0, 0.1) is 0 Å². The zero-order valence-corrected chi connectivity index (χ0v) is 8.86. The lowest BCUT2D eigenvalue weighted by Gasteiger charge is -1.95. The molecule has 1 amide bonds. The summed E-state index contributed by atoms with van der Waals surface area (Å²) >= 11 is 1.06. The third kappa shape index (κ3) is 2.17. The normalized spacial score (nSPS) is 20.4. The third-order valence-corrected chi connectivity index (χ3v) is 2.83. The van der Waals surface area contributed by atoms with E-state index in [1.807, 2.05) is 0 Å². The van der Waals surface area contributed by atoms with Gasteiger partial charge in [0.25, 0.3) is 5.91 Å². The Kier molecular flexibility index (Phi) is 2.82. The first-order valence-electron chi connectivity index (χ1n) is 4.41. The van der Waals surface area contributed by atoms with Crippen molar-refractivity contribution in [3.8, 4) is 5.75 Å². The molecule has 0 radical (unpaired) electrons. The summed E-state index contributed by atoms with van der Waals surface area (Å²) in [5.74, 6) is -0.130. The minimum Gasteiger partial charge on any atom is -0.508 e. The van der Waals surface area contributed by atoms with Crippen LogP contribution in [-0.2, 0) is 4.79 Å². The lowest BCUT2D eigenvalue weighted by molar-refractivity contribution is -0.115. The molecule has 0 aromatic heterocycles. The van der Waals surface area contributed by atoms with Gasteiger partial charge in [0, 0.05) is 0 Å². The first-order chi connectivity index (χ1) is 7.69. The van der Waals surface area contributed by atoms with Crippen molar-refractivity contribution in [2.24, 2.45) is 5.16 Å². The molecule has 3 N–H and O–H groups in total. The summed E-state index contributed by atoms with van der Waals surface area (Å²) in [6.45, 7) is 0. The van der Waals surface area contributed by atoms with Gasteiger partial charge in [-0.3, -0.25) is 10.1 Å². The number of amides is 1. The van der Waals surface area contributed by atoms with Gasteiger partial charge in [0.05, 0.1) is 4.91 Å². The number of benzene rings is 1. The fraction of sp³-hybridized carbons (Fsp3) is 0. The van der Waals surface area contributed by atoms with E-state index in [1.165, 1.54) is 12.1 Å². The monoisotopic (exact) mass is 236 g/mol. The highest BCUT2D eigenvalue weighted by Crippen LogP contribution is 2.26. The lowest BCUT2D eigenvalue weighted by atomic mass is 10.2. The number of phenolic OH excluding ortho intramolecular Hbond substituents is 1. The minimum absolute atomic E-state index is 0.162. The van der Waals surface area contributed by atoms with E-state index in [0.29, 0.717) is 4.91 Å². The fourth-order valence-electron chi connectivity index (χ4n) is 1.20. The van der Waals surface area contributed by atoms with Crippen LogP contribution >= 0.6 is 11.8 Å². The molecule has 0 atom stereocenters. The Labute approximate surface area is 95.5 Å². The van der Waals surface area contributed by atoms with Crippen molar-refractivity contribution in [1.82, 2.24) is 5.32 Å². The number of carbonyl (C=O) groups excluding carboxylic acids is 1. The summed E-state index contributed by atoms with van der Waals surface area (Å²) in [6, 6.07) is 6.43. The SMILES string of the molecule is O=C1NC(=NO)SC1=Cc1ccc(O)cc1. The van der Waals surface area contributed by atoms with E-state index >= 15 is 0 Å². The van der Waals surface area contributed by atoms with Gasteiger partial charge in [0.2, 0.25) is 5.17 Å². The molecule has 1 aliphatic rings. The highest BCUT2D eigenvalue weighted by atomic mass is 32.2. The van der Waals surface area contributed by atoms with Crippen molar-refractivity contribution in [2.45, 2.75) is 0 Å². The van der Waals surface area contributed by atoms with Crippen LogP contribution in [0.4, 0.5) is 0 Å². The van der Waals surface area contributed by atoms with E-state index in [2.05, 4.69) is 10.5 Å². The molecule has 0 spiro atoms. The van der Waals surface area contributed by atoms with Crippen molar-refractivity contribution in [2.75, 3.05) is 0 Å². The summed E-state index contributed by atoms with van der Waals surface area (Å²) in [4.78, 5) is 11.8. The largest absolute Gasteiger partial charge is 0.508 e. The summed E-state index contributed by atoms with van der Waals surface area (Å²) in [5.41, 5.74) is 0.787. The molecule has 1 saturated heterocycles. The molecule has 2 rings (SSSR count). The molecule has 82 valence electrons. The number of hydrogen-bond donors (Lipinski definition) is 3. The zero-order chi connectivity index (χ0) is 11.5. The molecule has 0 saturated carbocycles. The summed E-state index contributed by atoms with van der Waals surface area (Å²) < 4.78 is 0. The Morgan fingerprint density at radius 1 is 1.31 bits per heavy atom. The van der Waals surface area contributed by atoms with E-state index in [4.69, 9.17) is 10.3 Å². The van der Waals surface area contributed by atoms with Crippen LogP contribution in [0.1, 0.15) is 5.56 Å². The average molecular weight is 236 g/mol. The number of phenols is 1. The number of thioether (sulfide) groups is 1. The number of carbonyl (C=O) groups is 1. The summed E-state index contributed by atoms with van der Waals surface area (Å²) in [6.07, 6.45) is 1.65. The fourth-order valence-corrected chi connectivity index (χ4v) is 1.93. The van der Waals surface area contributed by atoms with E-state index in [9.17, 15) is 4.79 Å². The standard InChI is InChI=1S/C10H8N2O3S/c13-7-3-1-6(2-4-7)5-8-9(14)11-10(12-15)16-8/h1-5,13,15H,(H,11,12,14). The van der Waals surface area contributed by atoms with E-state index < -0.39 is 0 Å². The van der Waals surface area contributed by atoms with E-state index in [1.54, 1.807) is 18.2 Å². The van der Waals surface area contributed by atoms with Gasteiger partial charge in [-0.25, -0.2) is 0 Å². The molecule has 1 heterocycles. The highest BCUT2D eigenvalue weighted by Gasteiger charge is 2.23. The number of nitrogens with one attached hydrogen (secondary N) is 1. The summed E-state index contributed by atoms with van der Waals surface area (Å²) in [7, 11) is 0. The second-order valence-electron chi connectivity index (χ2n) is 3.06. The van der Waals surface area contributed by atoms with Crippen molar-refractivity contribution in [3.63, 3.8) is 0 Å². The van der Waals surface area contributed by atoms with Crippen molar-refractivity contribution >= 4 is 28.9 Å². The second kappa shape index (κ2) is 4.28. The van der Waals surface area contributed by atoms with Gasteiger partial charge in [-0.1, -0.05) is 17.3 Å². The van der Waals surface area contributed by atoms with Gasteiger partial charge in [0.15, 0.2) is 0 Å². The number of aromatic hydroxyl groups is 1. The molecule has 5 nitrogen and oxygen atoms in total. The maximum Gasteiger partial charge on any atom is 0.264 e. The van der Waals surface area contributed by atoms with Gasteiger partial charge in [-0.2, -0.15) is 0 Å². The molecule has 0 aliphatic carbocycles. The molecule has 1 fully saturated rings. The zero-order valence-electron chi connectivity index (χ0n) is 8.04. The van der Waals surface area contributed by atoms with Crippen LogP contribution in [0.15, 0.2) is 34.3 Å². The van der Waals surface area contributed by atoms with Crippen LogP contribution in [0.2, 0.25) is 0 Å². The number of amidine groups is 1. The van der Waals surface area contributed by atoms with Gasteiger partial charge < -0.3 is 10.3 Å². The Morgan fingerprint density at radius 2 is 2.00 bits per heavy atom. The van der Waals surface area contributed by atoms with E-state index in [0.717, 1.165) is 17.3 Å². The molecular weight excluding hydrogens is 228 g/mol. The number of rotatable bonds is 1. The van der Waals surface area contributed by atoms with Crippen LogP contribution in [0.5, 0.6) is 5.75 Å². The van der Waals surface area contributed by atoms with Crippen LogP contribution in [0.3, 0.4) is 0 Å². The molecule has 1 aromatic carbocycles. The average Bonchev–Trinajstić information content (AvgIpc) is 2.63. The van der Waals surface area contributed by atoms with Gasteiger partial charge >= 0.3 is 0 Å². The molecule has 0 bridgehead atoms. The van der Waals surface area contributed by atoms with Gasteiger partial charge in [0.1, 0.15) is 5.75 Å². The van der Waals surface area contributed by atoms with Crippen molar-refractivity contribution in [3.05, 3.63) is 34.7 Å². The molecule has 1 aromatic rings. The predicted octanol–water partition coefficient (Wildman–Crippen LogP) is 1.34. The first-order valence-corrected chi connectivity index (χ1v) is 5.22. The van der Waals surface area contributed by atoms with Crippen LogP contribution in [0.25, 0.3) is 6.08 Å². The Hall–Kier alpha value is -1.95. The van der Waals surface area contributed by atoms with E-state index in [-0.39, 0.29) is 16.8 Å². The van der Waals surface area contributed by atoms with Crippen molar-refractivity contribution < 1.29 is 15.1 Å². The highest BCUT2D eigenvalue weighted by molar-refractivity contribution is 8.18. The quantitative estimate of drug-likeness (QED) is 0.390. The van der Waals surface area contributed by atoms with Gasteiger partial charge in [-0.15, -0.1) is 0 Å². The lowest BCUT2D eigenvalue weighted by Crippen LogP contribution is -2.19. The maximum atomic E-state index is 11.4. The molecule has 1 aliphatic heterocycles. The van der Waals surface area contributed by atoms with Gasteiger partial charge in [-0.05, 0) is 35.5 Å².